The van der Waals surface area contributed by atoms with Crippen molar-refractivity contribution >= 4 is 27.5 Å². The molecule has 4 nitrogen and oxygen atoms in total. The van der Waals surface area contributed by atoms with Crippen molar-refractivity contribution in [2.45, 2.75) is 83.7 Å². The van der Waals surface area contributed by atoms with Crippen LogP contribution in [0.25, 0.3) is 10.2 Å². The summed E-state index contributed by atoms with van der Waals surface area (Å²) in [5.74, 6) is 0.914. The second kappa shape index (κ2) is 7.10. The van der Waals surface area contributed by atoms with Crippen LogP contribution in [0.1, 0.15) is 86.1 Å². The number of hydrogen-bond acceptors (Lipinski definition) is 3. The van der Waals surface area contributed by atoms with E-state index in [-0.39, 0.29) is 5.91 Å². The van der Waals surface area contributed by atoms with E-state index in [4.69, 9.17) is 5.10 Å². The predicted molar refractivity (Wildman–Crippen MR) is 103 cm³/mol. The average molecular weight is 360 g/mol. The molecular formula is C20H29N3OS. The van der Waals surface area contributed by atoms with Gasteiger partial charge in [0.1, 0.15) is 4.83 Å². The highest BCUT2D eigenvalue weighted by Gasteiger charge is 2.24. The van der Waals surface area contributed by atoms with Crippen molar-refractivity contribution in [2.24, 2.45) is 5.92 Å². The highest BCUT2D eigenvalue weighted by atomic mass is 32.1. The first-order valence-corrected chi connectivity index (χ1v) is 10.7. The molecule has 0 bridgehead atoms. The molecule has 0 unspecified atom stereocenters. The van der Waals surface area contributed by atoms with E-state index in [0.717, 1.165) is 34.7 Å². The number of carbonyl (C=O) groups excluding carboxylic acids is 1. The molecule has 1 amide bonds. The van der Waals surface area contributed by atoms with Gasteiger partial charge >= 0.3 is 0 Å². The van der Waals surface area contributed by atoms with Gasteiger partial charge in [0.25, 0.3) is 5.91 Å². The molecule has 0 aromatic carbocycles. The molecule has 2 aliphatic carbocycles. The lowest BCUT2D eigenvalue weighted by molar-refractivity contribution is 0.0927. The minimum Gasteiger partial charge on any atom is -0.349 e. The third kappa shape index (κ3) is 3.48. The molecule has 2 saturated carbocycles. The zero-order chi connectivity index (χ0) is 17.4. The molecule has 0 radical (unpaired) electrons. The number of thiophene rings is 1. The van der Waals surface area contributed by atoms with Crippen LogP contribution in [-0.4, -0.2) is 21.7 Å². The third-order valence-corrected chi connectivity index (χ3v) is 7.19. The molecule has 4 rings (SSSR count). The Morgan fingerprint density at radius 3 is 2.60 bits per heavy atom. The monoisotopic (exact) mass is 359 g/mol. The van der Waals surface area contributed by atoms with Gasteiger partial charge in [-0.1, -0.05) is 26.2 Å². The van der Waals surface area contributed by atoms with Crippen molar-refractivity contribution in [2.75, 3.05) is 0 Å². The van der Waals surface area contributed by atoms with Crippen molar-refractivity contribution < 1.29 is 4.79 Å². The Morgan fingerprint density at radius 1 is 1.16 bits per heavy atom. The Balaban J connectivity index is 1.53. The molecule has 2 aromatic rings. The second-order valence-corrected chi connectivity index (χ2v) is 9.11. The summed E-state index contributed by atoms with van der Waals surface area (Å²) < 4.78 is 2.22. The molecule has 25 heavy (non-hydrogen) atoms. The van der Waals surface area contributed by atoms with Crippen LogP contribution >= 0.6 is 11.3 Å². The predicted octanol–water partition coefficient (Wildman–Crippen LogP) is 5.22. The summed E-state index contributed by atoms with van der Waals surface area (Å²) in [7, 11) is 0. The van der Waals surface area contributed by atoms with Crippen LogP contribution in [0.5, 0.6) is 0 Å². The van der Waals surface area contributed by atoms with E-state index in [9.17, 15) is 4.79 Å². The first-order valence-electron chi connectivity index (χ1n) is 9.91. The highest BCUT2D eigenvalue weighted by molar-refractivity contribution is 7.20. The second-order valence-electron chi connectivity index (χ2n) is 8.08. The summed E-state index contributed by atoms with van der Waals surface area (Å²) >= 11 is 1.62. The molecule has 0 spiro atoms. The number of rotatable bonds is 3. The normalized spacial score (nSPS) is 25.4. The number of hydrogen-bond donors (Lipinski definition) is 1. The fraction of sp³-hybridized carbons (Fsp3) is 0.700. The van der Waals surface area contributed by atoms with Crippen molar-refractivity contribution in [1.82, 2.24) is 15.1 Å². The van der Waals surface area contributed by atoms with Crippen molar-refractivity contribution in [3.8, 4) is 0 Å². The SMILES string of the molecule is Cc1nn(C2CCCCC2)c2sc(C(=O)NC3CCC(C)CC3)cc12. The van der Waals surface area contributed by atoms with E-state index >= 15 is 0 Å². The summed E-state index contributed by atoms with van der Waals surface area (Å²) in [6.45, 7) is 4.38. The maximum atomic E-state index is 12.7. The molecule has 5 heteroatoms. The molecule has 2 fully saturated rings. The lowest BCUT2D eigenvalue weighted by Gasteiger charge is -2.26. The van der Waals surface area contributed by atoms with Crippen molar-refractivity contribution in [3.63, 3.8) is 0 Å². The van der Waals surface area contributed by atoms with Gasteiger partial charge in [-0.05, 0) is 57.4 Å². The minimum atomic E-state index is 0.107. The van der Waals surface area contributed by atoms with Gasteiger partial charge in [0.05, 0.1) is 16.6 Å². The van der Waals surface area contributed by atoms with Gasteiger partial charge in [-0.3, -0.25) is 9.48 Å². The third-order valence-electron chi connectivity index (χ3n) is 6.06. The quantitative estimate of drug-likeness (QED) is 0.816. The van der Waals surface area contributed by atoms with Gasteiger partial charge in [-0.2, -0.15) is 5.10 Å². The first-order chi connectivity index (χ1) is 12.1. The van der Waals surface area contributed by atoms with E-state index in [2.05, 4.69) is 29.9 Å². The number of amides is 1. The van der Waals surface area contributed by atoms with Crippen molar-refractivity contribution in [3.05, 3.63) is 16.6 Å². The van der Waals surface area contributed by atoms with Gasteiger partial charge in [-0.15, -0.1) is 11.3 Å². The Morgan fingerprint density at radius 2 is 1.88 bits per heavy atom. The molecule has 0 saturated heterocycles. The minimum absolute atomic E-state index is 0.107. The number of nitrogens with one attached hydrogen (secondary N) is 1. The fourth-order valence-electron chi connectivity index (χ4n) is 4.42. The maximum Gasteiger partial charge on any atom is 0.261 e. The largest absolute Gasteiger partial charge is 0.349 e. The van der Waals surface area contributed by atoms with E-state index in [0.29, 0.717) is 12.1 Å². The smallest absolute Gasteiger partial charge is 0.261 e. The molecule has 136 valence electrons. The molecular weight excluding hydrogens is 330 g/mol. The van der Waals surface area contributed by atoms with Crippen LogP contribution in [0.15, 0.2) is 6.07 Å². The Labute approximate surface area is 154 Å². The molecule has 1 N–H and O–H groups in total. The lowest BCUT2D eigenvalue weighted by atomic mass is 9.87. The van der Waals surface area contributed by atoms with Crippen LogP contribution < -0.4 is 5.32 Å². The van der Waals surface area contributed by atoms with E-state index in [1.165, 1.54) is 49.8 Å². The Bertz CT molecular complexity index is 748. The topological polar surface area (TPSA) is 46.9 Å². The first kappa shape index (κ1) is 17.1. The molecule has 2 aromatic heterocycles. The fourth-order valence-corrected chi connectivity index (χ4v) is 5.55. The summed E-state index contributed by atoms with van der Waals surface area (Å²) in [5, 5.41) is 9.22. The van der Waals surface area contributed by atoms with Crippen LogP contribution in [0, 0.1) is 12.8 Å². The standard InChI is InChI=1S/C20H29N3OS/c1-13-8-10-15(11-9-13)21-19(24)18-12-17-14(2)22-23(20(17)25-18)16-6-4-3-5-7-16/h12-13,15-16H,3-11H2,1-2H3,(H,21,24). The summed E-state index contributed by atoms with van der Waals surface area (Å²) in [6.07, 6.45) is 11.1. The molecule has 2 heterocycles. The van der Waals surface area contributed by atoms with Gasteiger partial charge in [0.15, 0.2) is 0 Å². The summed E-state index contributed by atoms with van der Waals surface area (Å²) in [4.78, 5) is 14.8. The van der Waals surface area contributed by atoms with E-state index in [1.54, 1.807) is 11.3 Å². The van der Waals surface area contributed by atoms with Crippen LogP contribution in [0.2, 0.25) is 0 Å². The van der Waals surface area contributed by atoms with Crippen LogP contribution in [0.4, 0.5) is 0 Å². The Kier molecular flexibility index (Phi) is 4.85. The van der Waals surface area contributed by atoms with Crippen LogP contribution in [-0.2, 0) is 0 Å². The van der Waals surface area contributed by atoms with Gasteiger partial charge in [0.2, 0.25) is 0 Å². The number of nitrogens with zero attached hydrogens (tertiary/aromatic N) is 2. The maximum absolute atomic E-state index is 12.7. The van der Waals surface area contributed by atoms with Crippen LogP contribution in [0.3, 0.4) is 0 Å². The highest BCUT2D eigenvalue weighted by Crippen LogP contribution is 2.35. The zero-order valence-electron chi connectivity index (χ0n) is 15.4. The van der Waals surface area contributed by atoms with Crippen molar-refractivity contribution in [1.29, 1.82) is 0 Å². The zero-order valence-corrected chi connectivity index (χ0v) is 16.2. The number of fused-ring (bicyclic) bond motifs is 1. The van der Waals surface area contributed by atoms with Gasteiger partial charge in [0, 0.05) is 11.4 Å². The molecule has 2 aliphatic rings. The number of aromatic nitrogens is 2. The van der Waals surface area contributed by atoms with Gasteiger partial charge in [-0.25, -0.2) is 0 Å². The molecule has 0 aliphatic heterocycles. The summed E-state index contributed by atoms with van der Waals surface area (Å²) in [6, 6.07) is 2.92. The number of carbonyl (C=O) groups is 1. The summed E-state index contributed by atoms with van der Waals surface area (Å²) in [5.41, 5.74) is 1.06. The van der Waals surface area contributed by atoms with E-state index in [1.807, 2.05) is 0 Å². The van der Waals surface area contributed by atoms with Gasteiger partial charge < -0.3 is 5.32 Å². The van der Waals surface area contributed by atoms with E-state index < -0.39 is 0 Å². The average Bonchev–Trinajstić information content (AvgIpc) is 3.19. The number of aryl methyl sites for hydroxylation is 1. The Hall–Kier alpha value is -1.36. The molecule has 0 atom stereocenters. The lowest BCUT2D eigenvalue weighted by Crippen LogP contribution is -2.36.